The van der Waals surface area contributed by atoms with E-state index >= 15 is 0 Å². The number of benzene rings is 2. The number of hydrogen-bond donors (Lipinski definition) is 1. The first-order valence-electron chi connectivity index (χ1n) is 7.03. The average molecular weight is 631 g/mol. The molecule has 186 valence electrons. The zero-order chi connectivity index (χ0) is 25.4. The highest BCUT2D eigenvalue weighted by Gasteiger charge is 2.19. The Bertz CT molecular complexity index is 1160. The monoisotopic (exact) mass is 628 g/mol. The first kappa shape index (κ1) is 34.1. The zero-order valence-corrected chi connectivity index (χ0v) is 20.9. The molecule has 0 spiro atoms. The Morgan fingerprint density at radius 2 is 1.12 bits per heavy atom. The van der Waals surface area contributed by atoms with Crippen molar-refractivity contribution < 1.29 is 44.5 Å². The molecule has 33 heavy (non-hydrogen) atoms. The molecule has 0 unspecified atom stereocenters. The van der Waals surface area contributed by atoms with Gasteiger partial charge in [-0.2, -0.15) is 0 Å². The van der Waals surface area contributed by atoms with Crippen molar-refractivity contribution >= 4 is 92.9 Å². The van der Waals surface area contributed by atoms with Gasteiger partial charge in [-0.05, 0) is 48.0 Å². The van der Waals surface area contributed by atoms with Crippen LogP contribution in [0.5, 0.6) is 0 Å². The molecule has 0 fully saturated rings. The van der Waals surface area contributed by atoms with E-state index < -0.39 is 60.0 Å². The highest BCUT2D eigenvalue weighted by molar-refractivity contribution is 8.26. The molecule has 0 heterocycles. The van der Waals surface area contributed by atoms with Crippen LogP contribution in [0.1, 0.15) is 28.1 Å². The lowest BCUT2D eigenvalue weighted by molar-refractivity contribution is 0.0696. The zero-order valence-electron chi connectivity index (χ0n) is 14.6. The minimum atomic E-state index is -4.26. The number of halogens is 7. The molecule has 0 saturated carbocycles. The number of carbonyl (C=O) groups is 2. The van der Waals surface area contributed by atoms with Gasteiger partial charge in [-0.3, -0.25) is 4.79 Å². The lowest BCUT2D eigenvalue weighted by Gasteiger charge is -1.99. The Hall–Kier alpha value is -1.06. The van der Waals surface area contributed by atoms with Crippen LogP contribution >= 0.6 is 54.3 Å². The maximum Gasteiger partial charge on any atom is 0.335 e. The van der Waals surface area contributed by atoms with E-state index in [2.05, 4.69) is 21.4 Å². The molecule has 0 aliphatic heterocycles. The summed E-state index contributed by atoms with van der Waals surface area (Å²) in [4.78, 5) is 19.5. The topological polar surface area (TPSA) is 140 Å². The molecular weight excluding hydrogens is 620 g/mol. The van der Waals surface area contributed by atoms with Gasteiger partial charge in [-0.25, -0.2) is 34.6 Å². The molecular formula is C15H11Cl5F2O8S3. The predicted octanol–water partition coefficient (Wildman–Crippen LogP) is 5.26. The smallest absolute Gasteiger partial charge is 0.335 e. The summed E-state index contributed by atoms with van der Waals surface area (Å²) in [6.07, 6.45) is 0. The molecule has 0 aliphatic carbocycles. The quantitative estimate of drug-likeness (QED) is 0.451. The average Bonchev–Trinajstić information content (AvgIpc) is 2.60. The fourth-order valence-corrected chi connectivity index (χ4v) is 3.60. The van der Waals surface area contributed by atoms with E-state index in [0.29, 0.717) is 6.07 Å². The number of carbonyl (C=O) groups excluding carboxylic acids is 1. The van der Waals surface area contributed by atoms with Crippen molar-refractivity contribution in [2.75, 3.05) is 0 Å². The normalized spacial score (nSPS) is 10.7. The van der Waals surface area contributed by atoms with Crippen molar-refractivity contribution in [2.45, 2.75) is 17.2 Å². The van der Waals surface area contributed by atoms with Crippen LogP contribution in [0.4, 0.5) is 8.78 Å². The molecule has 2 rings (SSSR count). The SMILES string of the molecule is C.O=C(Cl)c1ccc(F)c(S(=O)(=O)Cl)c1.O=C(O)c1ccc(F)c(S(=O)(=O)Cl)c1.O=S(Cl)Cl. The Kier molecular flexibility index (Phi) is 14.8. The minimum absolute atomic E-state index is 0. The number of carboxylic acids is 1. The van der Waals surface area contributed by atoms with Crippen LogP contribution in [-0.2, 0) is 27.3 Å². The molecule has 0 radical (unpaired) electrons. The van der Waals surface area contributed by atoms with Gasteiger partial charge in [0.25, 0.3) is 23.3 Å². The number of hydrogen-bond acceptors (Lipinski definition) is 7. The van der Waals surface area contributed by atoms with Gasteiger partial charge < -0.3 is 5.11 Å². The van der Waals surface area contributed by atoms with Gasteiger partial charge in [0.05, 0.1) is 5.56 Å². The Labute approximate surface area is 212 Å². The molecule has 8 nitrogen and oxygen atoms in total. The molecule has 0 aliphatic rings. The van der Waals surface area contributed by atoms with Gasteiger partial charge in [0, 0.05) is 48.3 Å². The molecule has 18 heteroatoms. The van der Waals surface area contributed by atoms with Crippen LogP contribution in [0, 0.1) is 11.6 Å². The van der Waals surface area contributed by atoms with Gasteiger partial charge in [0.15, 0.2) is 0 Å². The van der Waals surface area contributed by atoms with Crippen molar-refractivity contribution in [2.24, 2.45) is 0 Å². The van der Waals surface area contributed by atoms with E-state index in [1.165, 1.54) is 0 Å². The van der Waals surface area contributed by atoms with Crippen LogP contribution in [-0.4, -0.2) is 37.4 Å². The summed E-state index contributed by atoms with van der Waals surface area (Å²) in [5.41, 5.74) is -0.474. The fourth-order valence-electron chi connectivity index (χ4n) is 1.64. The fraction of sp³-hybridized carbons (Fsp3) is 0.0667. The number of rotatable bonds is 4. The Morgan fingerprint density at radius 3 is 1.39 bits per heavy atom. The van der Waals surface area contributed by atoms with Gasteiger partial charge in [0.2, 0.25) is 9.23 Å². The summed E-state index contributed by atoms with van der Waals surface area (Å²) < 4.78 is 78.0. The lowest BCUT2D eigenvalue weighted by atomic mass is 10.2. The van der Waals surface area contributed by atoms with E-state index in [0.717, 1.165) is 30.3 Å². The first-order valence-corrected chi connectivity index (χ1v) is 14.8. The summed E-state index contributed by atoms with van der Waals surface area (Å²) >= 11 is 5.08. The van der Waals surface area contributed by atoms with Crippen molar-refractivity contribution in [1.29, 1.82) is 0 Å². The molecule has 0 saturated heterocycles. The number of carboxylic acid groups (broad SMARTS) is 1. The summed E-state index contributed by atoms with van der Waals surface area (Å²) in [5.74, 6) is -3.46. The second-order valence-corrected chi connectivity index (χ2v) is 12.9. The van der Waals surface area contributed by atoms with Gasteiger partial charge in [0.1, 0.15) is 21.4 Å². The summed E-state index contributed by atoms with van der Waals surface area (Å²) in [6.45, 7) is 0. The Balaban J connectivity index is 0. The van der Waals surface area contributed by atoms with E-state index in [9.17, 15) is 35.2 Å². The van der Waals surface area contributed by atoms with E-state index in [4.69, 9.17) is 42.3 Å². The summed E-state index contributed by atoms with van der Waals surface area (Å²) in [6, 6.07) is 5.01. The largest absolute Gasteiger partial charge is 0.478 e. The van der Waals surface area contributed by atoms with Crippen molar-refractivity contribution in [1.82, 2.24) is 0 Å². The maximum atomic E-state index is 12.9. The second kappa shape index (κ2) is 14.4. The van der Waals surface area contributed by atoms with Crippen molar-refractivity contribution in [3.05, 3.63) is 59.2 Å². The lowest BCUT2D eigenvalue weighted by Crippen LogP contribution is -2.01. The van der Waals surface area contributed by atoms with E-state index in [1.54, 1.807) is 0 Å². The molecule has 1 N–H and O–H groups in total. The molecule has 0 atom stereocenters. The number of aromatic carboxylic acids is 1. The molecule has 2 aromatic carbocycles. The van der Waals surface area contributed by atoms with Crippen LogP contribution in [0.15, 0.2) is 46.2 Å². The van der Waals surface area contributed by atoms with E-state index in [-0.39, 0.29) is 18.6 Å². The third-order valence-electron chi connectivity index (χ3n) is 2.86. The van der Waals surface area contributed by atoms with Crippen molar-refractivity contribution in [3.63, 3.8) is 0 Å². The van der Waals surface area contributed by atoms with Gasteiger partial charge in [-0.15, -0.1) is 0 Å². The molecule has 0 bridgehead atoms. The predicted molar refractivity (Wildman–Crippen MR) is 123 cm³/mol. The summed E-state index contributed by atoms with van der Waals surface area (Å²) in [5, 5.41) is 7.62. The molecule has 0 amide bonds. The van der Waals surface area contributed by atoms with Crippen LogP contribution in [0.3, 0.4) is 0 Å². The second-order valence-electron chi connectivity index (χ2n) is 4.93. The maximum absolute atomic E-state index is 12.9. The standard InChI is InChI=1S/C7H3Cl2FO3S.C7H4ClFO4S.CH4.Cl2OS/c8-7(11)4-1-2-5(10)6(3-4)14(9,12)13;8-14(12,13)6-3-4(7(10)11)1-2-5(6)9;;1-4(2)3/h1-3H;1-3H,(H,10,11);1H4;. The van der Waals surface area contributed by atoms with Crippen LogP contribution < -0.4 is 0 Å². The third-order valence-corrected chi connectivity index (χ3v) is 5.75. The van der Waals surface area contributed by atoms with Gasteiger partial charge in [-0.1, -0.05) is 7.43 Å². The highest BCUT2D eigenvalue weighted by atomic mass is 36.0. The van der Waals surface area contributed by atoms with Crippen LogP contribution in [0.2, 0.25) is 0 Å². The van der Waals surface area contributed by atoms with Gasteiger partial charge >= 0.3 is 5.97 Å². The van der Waals surface area contributed by atoms with Crippen molar-refractivity contribution in [3.8, 4) is 0 Å². The summed E-state index contributed by atoms with van der Waals surface area (Å²) in [7, 11) is 8.70. The molecule has 2 aromatic rings. The minimum Gasteiger partial charge on any atom is -0.478 e. The Morgan fingerprint density at radius 1 is 0.818 bits per heavy atom. The first-order chi connectivity index (χ1) is 14.4. The highest BCUT2D eigenvalue weighted by Crippen LogP contribution is 2.21. The van der Waals surface area contributed by atoms with E-state index in [1.807, 2.05) is 0 Å². The third kappa shape index (κ3) is 12.8. The van der Waals surface area contributed by atoms with Crippen LogP contribution in [0.25, 0.3) is 0 Å². The molecule has 0 aromatic heterocycles.